The van der Waals surface area contributed by atoms with Crippen LogP contribution in [0.4, 0.5) is 0 Å². The molecule has 1 atom stereocenters. The molecule has 1 aliphatic rings. The van der Waals surface area contributed by atoms with E-state index < -0.39 is 0 Å². The van der Waals surface area contributed by atoms with Crippen molar-refractivity contribution in [3.05, 3.63) is 88.2 Å². The van der Waals surface area contributed by atoms with E-state index in [9.17, 15) is 4.79 Å². The number of amides is 1. The topological polar surface area (TPSA) is 50.2 Å². The number of nitrogens with zero attached hydrogens (tertiary/aromatic N) is 3. The van der Waals surface area contributed by atoms with Crippen molar-refractivity contribution in [2.75, 3.05) is 13.1 Å². The smallest absolute Gasteiger partial charge is 0.256 e. The number of carbonyl (C=O) groups excluding carboxylic acids is 1. The molecular formula is C23H25ClN4O. The largest absolute Gasteiger partial charge is 0.348 e. The molecule has 3 aromatic rings. The molecule has 5 nitrogen and oxygen atoms in total. The predicted octanol–water partition coefficient (Wildman–Crippen LogP) is 3.90. The normalized spacial score (nSPS) is 16.8. The molecule has 1 amide bonds. The van der Waals surface area contributed by atoms with Crippen LogP contribution >= 0.6 is 11.6 Å². The molecule has 150 valence electrons. The van der Waals surface area contributed by atoms with Crippen LogP contribution < -0.4 is 5.32 Å². The number of likely N-dealkylation sites (tertiary alicyclic amines) is 1. The van der Waals surface area contributed by atoms with Gasteiger partial charge in [0.2, 0.25) is 0 Å². The Bertz CT molecular complexity index is 971. The lowest BCUT2D eigenvalue weighted by Gasteiger charge is -2.17. The van der Waals surface area contributed by atoms with Crippen LogP contribution in [0.25, 0.3) is 0 Å². The molecule has 1 fully saturated rings. The van der Waals surface area contributed by atoms with Crippen LogP contribution in [-0.2, 0) is 13.1 Å². The molecule has 6 heteroatoms. The first kappa shape index (κ1) is 19.7. The van der Waals surface area contributed by atoms with E-state index in [4.69, 9.17) is 11.6 Å². The van der Waals surface area contributed by atoms with E-state index in [0.29, 0.717) is 23.0 Å². The van der Waals surface area contributed by atoms with E-state index in [1.54, 1.807) is 4.68 Å². The summed E-state index contributed by atoms with van der Waals surface area (Å²) in [6, 6.07) is 20.5. The summed E-state index contributed by atoms with van der Waals surface area (Å²) in [6.45, 7) is 5.10. The summed E-state index contributed by atoms with van der Waals surface area (Å²) >= 11 is 6.53. The third-order valence-corrected chi connectivity index (χ3v) is 5.71. The minimum Gasteiger partial charge on any atom is -0.348 e. The number of nitrogens with one attached hydrogen (secondary N) is 1. The Kier molecular flexibility index (Phi) is 5.97. The fraction of sp³-hybridized carbons (Fsp3) is 0.304. The van der Waals surface area contributed by atoms with Crippen molar-refractivity contribution in [2.24, 2.45) is 0 Å². The molecule has 4 rings (SSSR count). The molecule has 0 aliphatic carbocycles. The summed E-state index contributed by atoms with van der Waals surface area (Å²) in [6.07, 6.45) is 0.938. The number of rotatable bonds is 6. The van der Waals surface area contributed by atoms with E-state index in [1.807, 2.05) is 43.3 Å². The van der Waals surface area contributed by atoms with Crippen LogP contribution in [-0.4, -0.2) is 39.7 Å². The molecule has 1 N–H and O–H groups in total. The average Bonchev–Trinajstić information content (AvgIpc) is 3.27. The molecule has 0 spiro atoms. The monoisotopic (exact) mass is 408 g/mol. The van der Waals surface area contributed by atoms with E-state index in [-0.39, 0.29) is 11.9 Å². The van der Waals surface area contributed by atoms with Gasteiger partial charge in [0.15, 0.2) is 0 Å². The Labute approximate surface area is 176 Å². The lowest BCUT2D eigenvalue weighted by atomic mass is 10.2. The van der Waals surface area contributed by atoms with Gasteiger partial charge < -0.3 is 5.32 Å². The summed E-state index contributed by atoms with van der Waals surface area (Å²) in [4.78, 5) is 15.3. The molecule has 1 aromatic heterocycles. The number of benzene rings is 2. The average molecular weight is 409 g/mol. The molecule has 0 bridgehead atoms. The zero-order chi connectivity index (χ0) is 20.2. The minimum absolute atomic E-state index is 0.124. The van der Waals surface area contributed by atoms with Crippen LogP contribution in [0.5, 0.6) is 0 Å². The number of aromatic nitrogens is 2. The van der Waals surface area contributed by atoms with Crippen molar-refractivity contribution in [2.45, 2.75) is 32.5 Å². The van der Waals surface area contributed by atoms with Crippen molar-refractivity contribution in [3.8, 4) is 0 Å². The fourth-order valence-electron chi connectivity index (χ4n) is 3.87. The second-order valence-corrected chi connectivity index (χ2v) is 7.93. The maximum atomic E-state index is 12.9. The first-order chi connectivity index (χ1) is 14.1. The lowest BCUT2D eigenvalue weighted by molar-refractivity contribution is 0.0937. The summed E-state index contributed by atoms with van der Waals surface area (Å²) < 4.78 is 1.69. The van der Waals surface area contributed by atoms with E-state index in [1.165, 1.54) is 5.56 Å². The highest BCUT2D eigenvalue weighted by Crippen LogP contribution is 2.22. The number of carbonyl (C=O) groups is 1. The highest BCUT2D eigenvalue weighted by Gasteiger charge is 2.27. The highest BCUT2D eigenvalue weighted by molar-refractivity contribution is 6.33. The van der Waals surface area contributed by atoms with Gasteiger partial charge in [-0.2, -0.15) is 5.10 Å². The molecule has 2 aromatic carbocycles. The molecule has 2 heterocycles. The zero-order valence-electron chi connectivity index (χ0n) is 16.5. The molecule has 29 heavy (non-hydrogen) atoms. The Morgan fingerprint density at radius 2 is 1.69 bits per heavy atom. The summed E-state index contributed by atoms with van der Waals surface area (Å²) in [7, 11) is 0. The molecule has 1 saturated heterocycles. The van der Waals surface area contributed by atoms with Crippen LogP contribution in [0.15, 0.2) is 60.7 Å². The number of hydrogen-bond donors (Lipinski definition) is 1. The van der Waals surface area contributed by atoms with Crippen molar-refractivity contribution in [1.29, 1.82) is 0 Å². The van der Waals surface area contributed by atoms with Crippen molar-refractivity contribution >= 4 is 17.5 Å². The highest BCUT2D eigenvalue weighted by atomic mass is 35.5. The van der Waals surface area contributed by atoms with Gasteiger partial charge in [-0.15, -0.1) is 0 Å². The lowest BCUT2D eigenvalue weighted by Crippen LogP contribution is -2.37. The van der Waals surface area contributed by atoms with Gasteiger partial charge in [-0.25, -0.2) is 4.68 Å². The fourth-order valence-corrected chi connectivity index (χ4v) is 4.19. The standard InChI is InChI=1S/C23H25ClN4O/c1-17-21(22(24)28(26-17)15-19-10-6-3-7-11-19)23(29)25-20-12-13-27(16-20)14-18-8-4-2-5-9-18/h2-11,20H,12-16H2,1H3,(H,25,29). The van der Waals surface area contributed by atoms with Crippen LogP contribution in [0, 0.1) is 6.92 Å². The van der Waals surface area contributed by atoms with Crippen molar-refractivity contribution < 1.29 is 4.79 Å². The van der Waals surface area contributed by atoms with Gasteiger partial charge in [-0.05, 0) is 24.5 Å². The first-order valence-electron chi connectivity index (χ1n) is 9.94. The van der Waals surface area contributed by atoms with E-state index in [2.05, 4.69) is 39.6 Å². The minimum atomic E-state index is -0.140. The first-order valence-corrected chi connectivity index (χ1v) is 10.3. The maximum Gasteiger partial charge on any atom is 0.256 e. The molecule has 1 unspecified atom stereocenters. The number of hydrogen-bond acceptors (Lipinski definition) is 3. The Morgan fingerprint density at radius 1 is 1.07 bits per heavy atom. The predicted molar refractivity (Wildman–Crippen MR) is 115 cm³/mol. The van der Waals surface area contributed by atoms with Crippen LogP contribution in [0.3, 0.4) is 0 Å². The van der Waals surface area contributed by atoms with Crippen molar-refractivity contribution in [1.82, 2.24) is 20.0 Å². The Morgan fingerprint density at radius 3 is 2.34 bits per heavy atom. The summed E-state index contributed by atoms with van der Waals surface area (Å²) in [5, 5.41) is 8.03. The summed E-state index contributed by atoms with van der Waals surface area (Å²) in [5.41, 5.74) is 3.52. The van der Waals surface area contributed by atoms with Crippen LogP contribution in [0.1, 0.15) is 33.6 Å². The van der Waals surface area contributed by atoms with Crippen LogP contribution in [0.2, 0.25) is 5.15 Å². The quantitative estimate of drug-likeness (QED) is 0.673. The van der Waals surface area contributed by atoms with Gasteiger partial charge in [0.1, 0.15) is 5.15 Å². The third kappa shape index (κ3) is 4.69. The molecule has 0 radical (unpaired) electrons. The SMILES string of the molecule is Cc1nn(Cc2ccccc2)c(Cl)c1C(=O)NC1CCN(Cc2ccccc2)C1. The van der Waals surface area contributed by atoms with E-state index >= 15 is 0 Å². The third-order valence-electron chi connectivity index (χ3n) is 5.32. The van der Waals surface area contributed by atoms with Crippen molar-refractivity contribution in [3.63, 3.8) is 0 Å². The second kappa shape index (κ2) is 8.80. The molecule has 1 aliphatic heterocycles. The second-order valence-electron chi connectivity index (χ2n) is 7.57. The Hall–Kier alpha value is -2.63. The number of halogens is 1. The summed E-state index contributed by atoms with van der Waals surface area (Å²) in [5.74, 6) is -0.140. The number of aryl methyl sites for hydroxylation is 1. The molecule has 0 saturated carbocycles. The van der Waals surface area contributed by atoms with Gasteiger partial charge in [0.25, 0.3) is 5.91 Å². The molecular weight excluding hydrogens is 384 g/mol. The van der Waals surface area contributed by atoms with Gasteiger partial charge in [0.05, 0.1) is 17.8 Å². The van der Waals surface area contributed by atoms with Gasteiger partial charge in [-0.3, -0.25) is 9.69 Å². The van der Waals surface area contributed by atoms with E-state index in [0.717, 1.165) is 31.6 Å². The van der Waals surface area contributed by atoms with Gasteiger partial charge >= 0.3 is 0 Å². The Balaban J connectivity index is 1.39. The van der Waals surface area contributed by atoms with Gasteiger partial charge in [0, 0.05) is 25.7 Å². The van der Waals surface area contributed by atoms with Gasteiger partial charge in [-0.1, -0.05) is 72.3 Å². The zero-order valence-corrected chi connectivity index (χ0v) is 17.3. The maximum absolute atomic E-state index is 12.9.